The Bertz CT molecular complexity index is 458. The molecule has 1 fully saturated rings. The standard InChI is InChI=1S/C17H26FNO2/c1-4-19-16(17(21-5-2)10-6-7-11-17)13-8-9-15(20-3)14(18)12-13/h8-9,12,16,19H,4-7,10-11H2,1-3H3. The molecule has 1 aromatic rings. The molecule has 0 aliphatic heterocycles. The van der Waals surface area contributed by atoms with Crippen LogP contribution in [0.1, 0.15) is 51.1 Å². The molecule has 0 heterocycles. The van der Waals surface area contributed by atoms with Gasteiger partial charge in [-0.15, -0.1) is 0 Å². The highest BCUT2D eigenvalue weighted by Crippen LogP contribution is 2.43. The average molecular weight is 295 g/mol. The van der Waals surface area contributed by atoms with E-state index in [4.69, 9.17) is 9.47 Å². The molecule has 118 valence electrons. The molecule has 3 nitrogen and oxygen atoms in total. The second kappa shape index (κ2) is 7.23. The zero-order chi connectivity index (χ0) is 15.3. The second-order valence-corrected chi connectivity index (χ2v) is 5.59. The highest BCUT2D eigenvalue weighted by Gasteiger charge is 2.42. The third kappa shape index (κ3) is 3.38. The Labute approximate surface area is 126 Å². The molecule has 1 atom stereocenters. The van der Waals surface area contributed by atoms with Crippen LogP contribution in [0, 0.1) is 5.82 Å². The van der Waals surface area contributed by atoms with E-state index in [9.17, 15) is 4.39 Å². The second-order valence-electron chi connectivity index (χ2n) is 5.59. The van der Waals surface area contributed by atoms with Gasteiger partial charge in [0.2, 0.25) is 0 Å². The Kier molecular flexibility index (Phi) is 5.59. The number of hydrogen-bond donors (Lipinski definition) is 1. The van der Waals surface area contributed by atoms with E-state index >= 15 is 0 Å². The maximum Gasteiger partial charge on any atom is 0.165 e. The number of nitrogens with one attached hydrogen (secondary N) is 1. The molecule has 1 saturated carbocycles. The van der Waals surface area contributed by atoms with Crippen LogP contribution < -0.4 is 10.1 Å². The summed E-state index contributed by atoms with van der Waals surface area (Å²) in [5.74, 6) is -0.0339. The van der Waals surface area contributed by atoms with Gasteiger partial charge in [-0.3, -0.25) is 0 Å². The molecule has 1 N–H and O–H groups in total. The van der Waals surface area contributed by atoms with Gasteiger partial charge in [0.15, 0.2) is 11.6 Å². The molecule has 1 unspecified atom stereocenters. The Morgan fingerprint density at radius 2 is 2.00 bits per heavy atom. The first kappa shape index (κ1) is 16.2. The van der Waals surface area contributed by atoms with Crippen LogP contribution in [0.4, 0.5) is 4.39 Å². The van der Waals surface area contributed by atoms with Gasteiger partial charge in [-0.05, 0) is 44.0 Å². The molecule has 4 heteroatoms. The number of benzene rings is 1. The molecule has 1 aliphatic rings. The normalized spacial score (nSPS) is 18.7. The summed E-state index contributed by atoms with van der Waals surface area (Å²) in [6, 6.07) is 5.23. The van der Waals surface area contributed by atoms with Crippen molar-refractivity contribution in [1.29, 1.82) is 0 Å². The van der Waals surface area contributed by atoms with Crippen LogP contribution in [0.2, 0.25) is 0 Å². The molecule has 0 amide bonds. The lowest BCUT2D eigenvalue weighted by Gasteiger charge is -2.38. The molecule has 1 aromatic carbocycles. The van der Waals surface area contributed by atoms with Crippen LogP contribution in [0.5, 0.6) is 5.75 Å². The van der Waals surface area contributed by atoms with Crippen molar-refractivity contribution in [1.82, 2.24) is 5.32 Å². The van der Waals surface area contributed by atoms with Gasteiger partial charge in [-0.2, -0.15) is 0 Å². The quantitative estimate of drug-likeness (QED) is 0.829. The van der Waals surface area contributed by atoms with Crippen molar-refractivity contribution >= 4 is 0 Å². The fraction of sp³-hybridized carbons (Fsp3) is 0.647. The first-order valence-electron chi connectivity index (χ1n) is 7.87. The first-order valence-corrected chi connectivity index (χ1v) is 7.87. The number of hydrogen-bond acceptors (Lipinski definition) is 3. The van der Waals surface area contributed by atoms with Gasteiger partial charge in [0, 0.05) is 6.61 Å². The summed E-state index contributed by atoms with van der Waals surface area (Å²) < 4.78 is 25.2. The summed E-state index contributed by atoms with van der Waals surface area (Å²) in [6.07, 6.45) is 4.37. The van der Waals surface area contributed by atoms with E-state index in [0.29, 0.717) is 6.61 Å². The number of methoxy groups -OCH3 is 1. The molecule has 0 spiro atoms. The highest BCUT2D eigenvalue weighted by molar-refractivity contribution is 5.32. The van der Waals surface area contributed by atoms with Crippen molar-refractivity contribution in [3.63, 3.8) is 0 Å². The van der Waals surface area contributed by atoms with E-state index in [-0.39, 0.29) is 23.2 Å². The van der Waals surface area contributed by atoms with Crippen molar-refractivity contribution in [3.05, 3.63) is 29.6 Å². The lowest BCUT2D eigenvalue weighted by Crippen LogP contribution is -2.44. The minimum absolute atomic E-state index is 0.0188. The summed E-state index contributed by atoms with van der Waals surface area (Å²) in [7, 11) is 1.48. The Hall–Kier alpha value is -1.13. The van der Waals surface area contributed by atoms with E-state index < -0.39 is 0 Å². The summed E-state index contributed by atoms with van der Waals surface area (Å²) in [4.78, 5) is 0. The summed E-state index contributed by atoms with van der Waals surface area (Å²) in [6.45, 7) is 5.60. The monoisotopic (exact) mass is 295 g/mol. The van der Waals surface area contributed by atoms with E-state index in [1.54, 1.807) is 12.1 Å². The van der Waals surface area contributed by atoms with E-state index in [0.717, 1.165) is 24.9 Å². The van der Waals surface area contributed by atoms with Crippen LogP contribution in [0.25, 0.3) is 0 Å². The van der Waals surface area contributed by atoms with E-state index in [1.165, 1.54) is 20.0 Å². The summed E-state index contributed by atoms with van der Waals surface area (Å²) in [5, 5.41) is 3.50. The third-order valence-electron chi connectivity index (χ3n) is 4.33. The molecule has 0 bridgehead atoms. The van der Waals surface area contributed by atoms with Gasteiger partial charge in [0.25, 0.3) is 0 Å². The van der Waals surface area contributed by atoms with Gasteiger partial charge in [-0.1, -0.05) is 25.8 Å². The molecular formula is C17H26FNO2. The van der Waals surface area contributed by atoms with Crippen LogP contribution in [0.3, 0.4) is 0 Å². The smallest absolute Gasteiger partial charge is 0.165 e. The van der Waals surface area contributed by atoms with Crippen molar-refractivity contribution in [2.24, 2.45) is 0 Å². The number of rotatable bonds is 7. The predicted molar refractivity (Wildman–Crippen MR) is 82.2 cm³/mol. The molecule has 21 heavy (non-hydrogen) atoms. The van der Waals surface area contributed by atoms with Crippen LogP contribution in [-0.2, 0) is 4.74 Å². The van der Waals surface area contributed by atoms with Gasteiger partial charge in [-0.25, -0.2) is 4.39 Å². The minimum atomic E-state index is -0.317. The Morgan fingerprint density at radius 3 is 2.52 bits per heavy atom. The zero-order valence-electron chi connectivity index (χ0n) is 13.2. The van der Waals surface area contributed by atoms with Crippen molar-refractivity contribution in [3.8, 4) is 5.75 Å². The third-order valence-corrected chi connectivity index (χ3v) is 4.33. The molecule has 0 radical (unpaired) electrons. The van der Waals surface area contributed by atoms with Crippen molar-refractivity contribution < 1.29 is 13.9 Å². The highest BCUT2D eigenvalue weighted by atomic mass is 19.1. The number of likely N-dealkylation sites (N-methyl/N-ethyl adjacent to an activating group) is 1. The van der Waals surface area contributed by atoms with Crippen molar-refractivity contribution in [2.75, 3.05) is 20.3 Å². The largest absolute Gasteiger partial charge is 0.494 e. The topological polar surface area (TPSA) is 30.5 Å². The fourth-order valence-electron chi connectivity index (χ4n) is 3.45. The first-order chi connectivity index (χ1) is 10.2. The molecular weight excluding hydrogens is 269 g/mol. The van der Waals surface area contributed by atoms with E-state index in [2.05, 4.69) is 12.2 Å². The number of halogens is 1. The average Bonchev–Trinajstić information content (AvgIpc) is 2.94. The fourth-order valence-corrected chi connectivity index (χ4v) is 3.45. The SMILES string of the molecule is CCNC(c1ccc(OC)c(F)c1)C1(OCC)CCCC1. The molecule has 2 rings (SSSR count). The van der Waals surface area contributed by atoms with Crippen LogP contribution >= 0.6 is 0 Å². The maximum absolute atomic E-state index is 14.1. The van der Waals surface area contributed by atoms with Crippen LogP contribution in [-0.4, -0.2) is 25.9 Å². The number of ether oxygens (including phenoxy) is 2. The Morgan fingerprint density at radius 1 is 1.29 bits per heavy atom. The molecule has 0 saturated heterocycles. The van der Waals surface area contributed by atoms with Crippen molar-refractivity contribution in [2.45, 2.75) is 51.2 Å². The van der Waals surface area contributed by atoms with Crippen LogP contribution in [0.15, 0.2) is 18.2 Å². The minimum Gasteiger partial charge on any atom is -0.494 e. The molecule has 0 aromatic heterocycles. The maximum atomic E-state index is 14.1. The van der Waals surface area contributed by atoms with Gasteiger partial charge in [0.1, 0.15) is 0 Å². The Balaban J connectivity index is 2.35. The molecule has 1 aliphatic carbocycles. The zero-order valence-corrected chi connectivity index (χ0v) is 13.2. The van der Waals surface area contributed by atoms with Gasteiger partial charge in [0.05, 0.1) is 18.8 Å². The van der Waals surface area contributed by atoms with Gasteiger partial charge < -0.3 is 14.8 Å². The summed E-state index contributed by atoms with van der Waals surface area (Å²) >= 11 is 0. The lowest BCUT2D eigenvalue weighted by atomic mass is 9.86. The van der Waals surface area contributed by atoms with Gasteiger partial charge >= 0.3 is 0 Å². The summed E-state index contributed by atoms with van der Waals surface area (Å²) in [5.41, 5.74) is 0.719. The van der Waals surface area contributed by atoms with E-state index in [1.807, 2.05) is 13.0 Å². The lowest BCUT2D eigenvalue weighted by molar-refractivity contribution is -0.0623. The predicted octanol–water partition coefficient (Wildman–Crippen LogP) is 3.83.